The molecule has 0 aliphatic heterocycles. The lowest BCUT2D eigenvalue weighted by atomic mass is 10.1. The minimum Gasteiger partial charge on any atom is -0.335 e. The minimum absolute atomic E-state index is 0.0707. The van der Waals surface area contributed by atoms with Crippen molar-refractivity contribution in [2.45, 2.75) is 19.5 Å². The van der Waals surface area contributed by atoms with E-state index in [1.54, 1.807) is 17.6 Å². The highest BCUT2D eigenvalue weighted by Gasteiger charge is 2.13. The Balaban J connectivity index is 1.75. The summed E-state index contributed by atoms with van der Waals surface area (Å²) in [4.78, 5) is 16.9. The van der Waals surface area contributed by atoms with E-state index in [4.69, 9.17) is 0 Å². The largest absolute Gasteiger partial charge is 0.335 e. The van der Waals surface area contributed by atoms with Crippen LogP contribution in [0.4, 0.5) is 8.78 Å². The van der Waals surface area contributed by atoms with Gasteiger partial charge in [-0.2, -0.15) is 0 Å². The highest BCUT2D eigenvalue weighted by atomic mass is 32.1. The van der Waals surface area contributed by atoms with Gasteiger partial charge in [0.1, 0.15) is 18.3 Å². The average Bonchev–Trinajstić information content (AvgIpc) is 2.96. The van der Waals surface area contributed by atoms with Crippen LogP contribution in [0, 0.1) is 11.6 Å². The maximum Gasteiger partial charge on any atom is 0.258 e. The summed E-state index contributed by atoms with van der Waals surface area (Å²) in [6.45, 7) is 2.38. The van der Waals surface area contributed by atoms with Crippen LogP contribution in [-0.4, -0.2) is 9.38 Å². The standard InChI is InChI=1S/C15H13F2N3OS/c1-9(10-2-3-12(16)13(17)6-10)18-8-11-7-14(21)20-4-5-22-15(20)19-11/h2-7,9,18H,8H2,1H3/p+1/t9-/m1/s1. The third kappa shape index (κ3) is 2.90. The van der Waals surface area contributed by atoms with Crippen molar-refractivity contribution in [1.82, 2.24) is 9.38 Å². The number of aromatic nitrogens is 2. The van der Waals surface area contributed by atoms with Crippen molar-refractivity contribution < 1.29 is 14.1 Å². The first-order valence-corrected chi connectivity index (χ1v) is 7.66. The molecule has 0 saturated carbocycles. The Morgan fingerprint density at radius 3 is 2.91 bits per heavy atom. The Labute approximate surface area is 129 Å². The molecule has 2 heterocycles. The van der Waals surface area contributed by atoms with Crippen LogP contribution < -0.4 is 10.9 Å². The molecule has 4 nitrogen and oxygen atoms in total. The molecule has 22 heavy (non-hydrogen) atoms. The van der Waals surface area contributed by atoms with Crippen LogP contribution in [0.5, 0.6) is 0 Å². The van der Waals surface area contributed by atoms with E-state index in [9.17, 15) is 13.6 Å². The molecular formula is C15H14F2N3OS+. The van der Waals surface area contributed by atoms with Gasteiger partial charge in [-0.05, 0) is 25.1 Å². The number of halogens is 2. The van der Waals surface area contributed by atoms with Crippen molar-refractivity contribution in [3.63, 3.8) is 0 Å². The fourth-order valence-corrected chi connectivity index (χ4v) is 2.96. The third-order valence-electron chi connectivity index (χ3n) is 3.51. The molecule has 0 aliphatic rings. The van der Waals surface area contributed by atoms with E-state index in [2.05, 4.69) is 4.98 Å². The maximum atomic E-state index is 13.3. The molecule has 114 valence electrons. The second-order valence-corrected chi connectivity index (χ2v) is 5.92. The van der Waals surface area contributed by atoms with E-state index in [1.807, 2.05) is 12.2 Å². The molecule has 0 fully saturated rings. The molecule has 7 heteroatoms. The van der Waals surface area contributed by atoms with Crippen LogP contribution in [-0.2, 0) is 6.54 Å². The summed E-state index contributed by atoms with van der Waals surface area (Å²) in [5.74, 6) is -1.71. The van der Waals surface area contributed by atoms with Gasteiger partial charge in [0.05, 0.1) is 0 Å². The van der Waals surface area contributed by atoms with E-state index >= 15 is 0 Å². The summed E-state index contributed by atoms with van der Waals surface area (Å²) in [5, 5.41) is 3.74. The zero-order valence-corrected chi connectivity index (χ0v) is 12.6. The molecule has 3 aromatic rings. The van der Waals surface area contributed by atoms with Crippen molar-refractivity contribution in [2.75, 3.05) is 0 Å². The first-order valence-electron chi connectivity index (χ1n) is 6.78. The summed E-state index contributed by atoms with van der Waals surface area (Å²) in [5.41, 5.74) is 1.24. The summed E-state index contributed by atoms with van der Waals surface area (Å²) in [6, 6.07) is 5.30. The van der Waals surface area contributed by atoms with Crippen molar-refractivity contribution in [2.24, 2.45) is 0 Å². The van der Waals surface area contributed by atoms with Crippen LogP contribution in [0.3, 0.4) is 0 Å². The molecule has 0 unspecified atom stereocenters. The molecule has 0 bridgehead atoms. The molecule has 0 saturated heterocycles. The predicted octanol–water partition coefficient (Wildman–Crippen LogP) is 1.86. The van der Waals surface area contributed by atoms with E-state index in [0.717, 1.165) is 6.07 Å². The Morgan fingerprint density at radius 1 is 1.32 bits per heavy atom. The average molecular weight is 322 g/mol. The van der Waals surface area contributed by atoms with E-state index in [0.29, 0.717) is 22.8 Å². The van der Waals surface area contributed by atoms with Gasteiger partial charge in [-0.1, -0.05) is 0 Å². The summed E-state index contributed by atoms with van der Waals surface area (Å²) in [7, 11) is 0. The van der Waals surface area contributed by atoms with E-state index < -0.39 is 11.6 Å². The van der Waals surface area contributed by atoms with Gasteiger partial charge in [-0.25, -0.2) is 13.8 Å². The lowest BCUT2D eigenvalue weighted by Gasteiger charge is -2.11. The zero-order chi connectivity index (χ0) is 15.7. The van der Waals surface area contributed by atoms with Crippen LogP contribution >= 0.6 is 11.3 Å². The molecule has 2 aromatic heterocycles. The van der Waals surface area contributed by atoms with Crippen LogP contribution in [0.1, 0.15) is 24.2 Å². The lowest BCUT2D eigenvalue weighted by Crippen LogP contribution is -2.83. The first kappa shape index (κ1) is 14.8. The molecule has 0 aliphatic carbocycles. The van der Waals surface area contributed by atoms with Gasteiger partial charge in [-0.3, -0.25) is 9.20 Å². The molecule has 0 spiro atoms. The third-order valence-corrected chi connectivity index (χ3v) is 4.26. The molecule has 0 radical (unpaired) electrons. The summed E-state index contributed by atoms with van der Waals surface area (Å²) in [6.07, 6.45) is 1.69. The topological polar surface area (TPSA) is 51.0 Å². The Bertz CT molecular complexity index is 875. The quantitative estimate of drug-likeness (QED) is 0.797. The van der Waals surface area contributed by atoms with Gasteiger partial charge in [0.15, 0.2) is 16.6 Å². The monoisotopic (exact) mass is 322 g/mol. The number of nitrogens with zero attached hydrogens (tertiary/aromatic N) is 2. The smallest absolute Gasteiger partial charge is 0.258 e. The molecule has 2 N–H and O–H groups in total. The van der Waals surface area contributed by atoms with Crippen LogP contribution in [0.15, 0.2) is 40.6 Å². The first-order chi connectivity index (χ1) is 10.5. The number of nitrogens with two attached hydrogens (primary N) is 1. The molecule has 3 rings (SSSR count). The van der Waals surface area contributed by atoms with Crippen molar-refractivity contribution in [3.05, 3.63) is 69.1 Å². The summed E-state index contributed by atoms with van der Waals surface area (Å²) < 4.78 is 27.7. The fraction of sp³-hybridized carbons (Fsp3) is 0.200. The van der Waals surface area contributed by atoms with Gasteiger partial charge in [0.25, 0.3) is 5.56 Å². The predicted molar refractivity (Wildman–Crippen MR) is 79.7 cm³/mol. The normalized spacial score (nSPS) is 12.7. The minimum atomic E-state index is -0.853. The van der Waals surface area contributed by atoms with Gasteiger partial charge < -0.3 is 5.32 Å². The Morgan fingerprint density at radius 2 is 2.14 bits per heavy atom. The number of hydrogen-bond donors (Lipinski definition) is 1. The number of thiazole rings is 1. The van der Waals surface area contributed by atoms with E-state index in [-0.39, 0.29) is 11.6 Å². The van der Waals surface area contributed by atoms with Gasteiger partial charge >= 0.3 is 0 Å². The second kappa shape index (κ2) is 5.94. The number of quaternary nitrogens is 1. The molecule has 1 aromatic carbocycles. The SMILES string of the molecule is C[C@@H]([NH2+]Cc1cc(=O)n2ccsc2n1)c1ccc(F)c(F)c1. The van der Waals surface area contributed by atoms with Gasteiger partial charge in [0, 0.05) is 23.2 Å². The number of rotatable bonds is 4. The zero-order valence-electron chi connectivity index (χ0n) is 11.8. The fourth-order valence-electron chi connectivity index (χ4n) is 2.22. The maximum absolute atomic E-state index is 13.3. The number of fused-ring (bicyclic) bond motifs is 1. The lowest BCUT2D eigenvalue weighted by molar-refractivity contribution is -0.708. The van der Waals surface area contributed by atoms with E-state index in [1.165, 1.54) is 27.9 Å². The highest BCUT2D eigenvalue weighted by molar-refractivity contribution is 7.15. The van der Waals surface area contributed by atoms with Crippen molar-refractivity contribution in [1.29, 1.82) is 0 Å². The second-order valence-electron chi connectivity index (χ2n) is 5.04. The Kier molecular flexibility index (Phi) is 4.00. The number of hydrogen-bond acceptors (Lipinski definition) is 3. The van der Waals surface area contributed by atoms with Crippen molar-refractivity contribution in [3.8, 4) is 0 Å². The molecule has 0 amide bonds. The Hall–Kier alpha value is -2.12. The molecular weight excluding hydrogens is 308 g/mol. The van der Waals surface area contributed by atoms with Crippen LogP contribution in [0.25, 0.3) is 4.96 Å². The van der Waals surface area contributed by atoms with Gasteiger partial charge in [-0.15, -0.1) is 11.3 Å². The summed E-state index contributed by atoms with van der Waals surface area (Å²) >= 11 is 1.40. The molecule has 1 atom stereocenters. The number of benzene rings is 1. The highest BCUT2D eigenvalue weighted by Crippen LogP contribution is 2.13. The van der Waals surface area contributed by atoms with Crippen molar-refractivity contribution >= 4 is 16.3 Å². The van der Waals surface area contributed by atoms with Gasteiger partial charge in [0.2, 0.25) is 0 Å². The van der Waals surface area contributed by atoms with Crippen LogP contribution in [0.2, 0.25) is 0 Å².